The molecule has 0 aromatic heterocycles. The topological polar surface area (TPSA) is 55.4 Å². The van der Waals surface area contributed by atoms with Crippen molar-refractivity contribution in [3.63, 3.8) is 0 Å². The minimum Gasteiger partial charge on any atom is -0.333 e. The maximum atomic E-state index is 5.88. The highest BCUT2D eigenvalue weighted by Gasteiger charge is 2.30. The summed E-state index contributed by atoms with van der Waals surface area (Å²) in [6.07, 6.45) is 0. The molecule has 1 aromatic carbocycles. The van der Waals surface area contributed by atoms with Crippen molar-refractivity contribution in [2.75, 3.05) is 0 Å². The van der Waals surface area contributed by atoms with Crippen molar-refractivity contribution < 1.29 is 29.3 Å². The fourth-order valence-electron chi connectivity index (χ4n) is 2.45. The third-order valence-electron chi connectivity index (χ3n) is 3.60. The van der Waals surface area contributed by atoms with Gasteiger partial charge < -0.3 is 14.7 Å². The van der Waals surface area contributed by atoms with Gasteiger partial charge in [-0.25, -0.2) is 0 Å². The van der Waals surface area contributed by atoms with Gasteiger partial charge in [0.25, 0.3) is 5.75 Å². The molecule has 0 fully saturated rings. The van der Waals surface area contributed by atoms with Gasteiger partial charge in [0.1, 0.15) is 16.8 Å². The van der Waals surface area contributed by atoms with Crippen molar-refractivity contribution in [3.05, 3.63) is 17.2 Å². The van der Waals surface area contributed by atoms with Gasteiger partial charge in [-0.05, 0) is 85.8 Å². The van der Waals surface area contributed by atoms with Gasteiger partial charge in [0.05, 0.1) is 0 Å². The van der Waals surface area contributed by atoms with E-state index in [1.807, 2.05) is 68.4 Å². The summed E-state index contributed by atoms with van der Waals surface area (Å²) in [7, 11) is 0. The number of hydrogen-bond acceptors (Lipinski definition) is 6. The van der Waals surface area contributed by atoms with E-state index >= 15 is 0 Å². The van der Waals surface area contributed by atoms with Crippen LogP contribution in [0.25, 0.3) is 0 Å². The summed E-state index contributed by atoms with van der Waals surface area (Å²) in [5.41, 5.74) is 0.462. The Hall–Kier alpha value is -1.50. The molecule has 30 heavy (non-hydrogen) atoms. The highest BCUT2D eigenvalue weighted by Crippen LogP contribution is 2.48. The second-order valence-corrected chi connectivity index (χ2v) is 11.2. The van der Waals surface area contributed by atoms with E-state index in [2.05, 4.69) is 27.7 Å². The zero-order valence-electron chi connectivity index (χ0n) is 21.2. The molecule has 0 heterocycles. The zero-order valence-corrected chi connectivity index (χ0v) is 21.2. The molecule has 0 radical (unpaired) electrons. The molecule has 0 N–H and O–H groups in total. The molecule has 0 aliphatic carbocycles. The van der Waals surface area contributed by atoms with Crippen molar-refractivity contribution in [2.45, 2.75) is 119 Å². The molecule has 0 atom stereocenters. The normalized spacial score (nSPS) is 13.2. The Labute approximate surface area is 182 Å². The van der Waals surface area contributed by atoms with Crippen LogP contribution in [0.15, 0.2) is 6.07 Å². The molecule has 0 saturated heterocycles. The van der Waals surface area contributed by atoms with Gasteiger partial charge in [0, 0.05) is 5.56 Å². The zero-order chi connectivity index (χ0) is 23.5. The molecule has 0 amide bonds. The Morgan fingerprint density at radius 3 is 1.33 bits per heavy atom. The quantitative estimate of drug-likeness (QED) is 0.322. The molecule has 0 aliphatic heterocycles. The average molecular weight is 427 g/mol. The van der Waals surface area contributed by atoms with E-state index in [4.69, 9.17) is 29.3 Å². The van der Waals surface area contributed by atoms with Crippen molar-refractivity contribution >= 4 is 0 Å². The van der Waals surface area contributed by atoms with Crippen LogP contribution in [0.5, 0.6) is 17.2 Å². The predicted octanol–water partition coefficient (Wildman–Crippen LogP) is 7.26. The molecule has 0 aliphatic rings. The second-order valence-electron chi connectivity index (χ2n) is 11.2. The van der Waals surface area contributed by atoms with Crippen LogP contribution in [0, 0.1) is 0 Å². The van der Waals surface area contributed by atoms with Gasteiger partial charge in [-0.15, -0.1) is 0 Å². The largest absolute Gasteiger partial charge is 0.333 e. The van der Waals surface area contributed by atoms with Crippen LogP contribution < -0.4 is 14.7 Å². The smallest absolute Gasteiger partial charge is 0.257 e. The molecule has 0 saturated carbocycles. The standard InChI is InChI=1S/C24H42O6/c1-15(2)17-14-18(25-28-22(5,6)7)20(26-29-23(8,9)10)21(19(17)16(3)4)27-30-24(11,12)13/h14-16H,1-13H3. The van der Waals surface area contributed by atoms with Gasteiger partial charge in [0.2, 0.25) is 11.5 Å². The van der Waals surface area contributed by atoms with Crippen LogP contribution in [0.3, 0.4) is 0 Å². The summed E-state index contributed by atoms with van der Waals surface area (Å²) in [4.78, 5) is 34.3. The summed E-state index contributed by atoms with van der Waals surface area (Å²) in [6, 6.07) is 1.93. The summed E-state index contributed by atoms with van der Waals surface area (Å²) < 4.78 is 0. The molecule has 0 spiro atoms. The Morgan fingerprint density at radius 1 is 0.567 bits per heavy atom. The van der Waals surface area contributed by atoms with Gasteiger partial charge >= 0.3 is 0 Å². The van der Waals surface area contributed by atoms with Crippen LogP contribution in [-0.4, -0.2) is 16.8 Å². The summed E-state index contributed by atoms with van der Waals surface area (Å²) in [5, 5.41) is 0. The molecular formula is C24H42O6. The van der Waals surface area contributed by atoms with Crippen LogP contribution in [0.2, 0.25) is 0 Å². The molecule has 1 rings (SSSR count). The fourth-order valence-corrected chi connectivity index (χ4v) is 2.45. The third kappa shape index (κ3) is 8.70. The first-order valence-corrected chi connectivity index (χ1v) is 10.7. The van der Waals surface area contributed by atoms with E-state index in [0.29, 0.717) is 11.5 Å². The number of hydrogen-bond donors (Lipinski definition) is 0. The maximum absolute atomic E-state index is 5.88. The average Bonchev–Trinajstić information content (AvgIpc) is 2.53. The van der Waals surface area contributed by atoms with Crippen LogP contribution >= 0.6 is 0 Å². The van der Waals surface area contributed by atoms with Crippen LogP contribution in [0.1, 0.15) is 113 Å². The SMILES string of the molecule is CC(C)c1cc(OOC(C)(C)C)c(OOC(C)(C)C)c(OOC(C)(C)C)c1C(C)C. The van der Waals surface area contributed by atoms with Crippen molar-refractivity contribution in [1.29, 1.82) is 0 Å². The number of rotatable bonds is 8. The molecular weight excluding hydrogens is 384 g/mol. The monoisotopic (exact) mass is 426 g/mol. The first-order valence-electron chi connectivity index (χ1n) is 10.7. The van der Waals surface area contributed by atoms with Crippen LogP contribution in [0.4, 0.5) is 0 Å². The van der Waals surface area contributed by atoms with E-state index in [9.17, 15) is 0 Å². The third-order valence-corrected chi connectivity index (χ3v) is 3.60. The molecule has 0 bridgehead atoms. The highest BCUT2D eigenvalue weighted by molar-refractivity contribution is 5.60. The maximum Gasteiger partial charge on any atom is 0.257 e. The lowest BCUT2D eigenvalue weighted by atomic mass is 9.89. The van der Waals surface area contributed by atoms with Crippen LogP contribution in [-0.2, 0) is 14.7 Å². The first-order chi connectivity index (χ1) is 13.4. The Bertz CT molecular complexity index is 688. The van der Waals surface area contributed by atoms with Gasteiger partial charge in [-0.3, -0.25) is 0 Å². The van der Waals surface area contributed by atoms with E-state index in [1.165, 1.54) is 0 Å². The van der Waals surface area contributed by atoms with Gasteiger partial charge in [0.15, 0.2) is 0 Å². The highest BCUT2D eigenvalue weighted by atomic mass is 17.2. The lowest BCUT2D eigenvalue weighted by molar-refractivity contribution is -0.302. The second kappa shape index (κ2) is 9.75. The fraction of sp³-hybridized carbons (Fsp3) is 0.750. The minimum absolute atomic E-state index is 0.149. The Balaban J connectivity index is 3.68. The Kier molecular flexibility index (Phi) is 8.63. The van der Waals surface area contributed by atoms with E-state index in [-0.39, 0.29) is 17.6 Å². The lowest BCUT2D eigenvalue weighted by Gasteiger charge is -2.27. The summed E-state index contributed by atoms with van der Waals surface area (Å²) in [5.74, 6) is 1.45. The lowest BCUT2D eigenvalue weighted by Crippen LogP contribution is -2.25. The molecule has 174 valence electrons. The molecule has 6 nitrogen and oxygen atoms in total. The minimum atomic E-state index is -0.543. The first kappa shape index (κ1) is 26.5. The molecule has 0 unspecified atom stereocenters. The molecule has 1 aromatic rings. The van der Waals surface area contributed by atoms with E-state index in [0.717, 1.165) is 11.1 Å². The van der Waals surface area contributed by atoms with Crippen molar-refractivity contribution in [2.24, 2.45) is 0 Å². The van der Waals surface area contributed by atoms with Gasteiger partial charge in [-0.2, -0.15) is 14.7 Å². The van der Waals surface area contributed by atoms with E-state index in [1.54, 1.807) is 0 Å². The van der Waals surface area contributed by atoms with Gasteiger partial charge in [-0.1, -0.05) is 27.7 Å². The Morgan fingerprint density at radius 2 is 0.967 bits per heavy atom. The van der Waals surface area contributed by atoms with Crippen molar-refractivity contribution in [3.8, 4) is 17.2 Å². The molecule has 6 heteroatoms. The number of benzene rings is 1. The summed E-state index contributed by atoms with van der Waals surface area (Å²) in [6.45, 7) is 25.6. The summed E-state index contributed by atoms with van der Waals surface area (Å²) >= 11 is 0. The van der Waals surface area contributed by atoms with Crippen molar-refractivity contribution in [1.82, 2.24) is 0 Å². The predicted molar refractivity (Wildman–Crippen MR) is 119 cm³/mol. The van der Waals surface area contributed by atoms with E-state index < -0.39 is 16.8 Å².